The lowest BCUT2D eigenvalue weighted by Gasteiger charge is -2.26. The average molecular weight is 605 g/mol. The largest absolute Gasteiger partial charge is 0.494 e. The van der Waals surface area contributed by atoms with Gasteiger partial charge in [-0.05, 0) is 38.4 Å². The van der Waals surface area contributed by atoms with Gasteiger partial charge in [-0.1, -0.05) is 18.2 Å². The second-order valence-electron chi connectivity index (χ2n) is 11.2. The topological polar surface area (TPSA) is 118 Å². The molecule has 4 aromatic heterocycles. The van der Waals surface area contributed by atoms with Gasteiger partial charge in [0.15, 0.2) is 11.5 Å². The molecule has 1 amide bonds. The van der Waals surface area contributed by atoms with E-state index in [0.29, 0.717) is 34.5 Å². The molecule has 0 aliphatic heterocycles. The minimum absolute atomic E-state index is 0.297. The van der Waals surface area contributed by atoms with E-state index in [0.717, 1.165) is 46.3 Å². The number of pyridine rings is 1. The van der Waals surface area contributed by atoms with Crippen molar-refractivity contribution in [2.45, 2.75) is 0 Å². The highest BCUT2D eigenvalue weighted by molar-refractivity contribution is 6.05. The second kappa shape index (κ2) is 12.2. The summed E-state index contributed by atoms with van der Waals surface area (Å²) in [7, 11) is 11.4. The number of carbonyl (C=O) groups excluding carboxylic acids is 1. The Morgan fingerprint density at radius 3 is 2.47 bits per heavy atom. The molecule has 45 heavy (non-hydrogen) atoms. The van der Waals surface area contributed by atoms with E-state index >= 15 is 0 Å². The number of imidazole rings is 1. The van der Waals surface area contributed by atoms with Crippen molar-refractivity contribution in [3.63, 3.8) is 0 Å². The zero-order valence-electron chi connectivity index (χ0n) is 26.2. The SMILES string of the molecule is COc1cc(N(C)CCN(C)C)c(NC(=O)c2nccn2C)cc1Nc1nc(-c2cn(C)c3ccccc23)c2cccnc2n1. The van der Waals surface area contributed by atoms with Gasteiger partial charge in [-0.2, -0.15) is 4.98 Å². The minimum atomic E-state index is -0.328. The number of aromatic nitrogens is 6. The number of methoxy groups -OCH3 is 1. The molecule has 2 N–H and O–H groups in total. The van der Waals surface area contributed by atoms with E-state index in [1.54, 1.807) is 37.3 Å². The number of fused-ring (bicyclic) bond motifs is 2. The summed E-state index contributed by atoms with van der Waals surface area (Å²) >= 11 is 0. The summed E-state index contributed by atoms with van der Waals surface area (Å²) < 4.78 is 9.61. The summed E-state index contributed by atoms with van der Waals surface area (Å²) in [5.74, 6) is 0.877. The molecule has 0 radical (unpaired) electrons. The number of hydrogen-bond donors (Lipinski definition) is 2. The molecule has 6 aromatic rings. The van der Waals surface area contributed by atoms with E-state index in [1.165, 1.54) is 0 Å². The van der Waals surface area contributed by atoms with Crippen LogP contribution in [0.1, 0.15) is 10.6 Å². The van der Waals surface area contributed by atoms with E-state index in [-0.39, 0.29) is 5.91 Å². The van der Waals surface area contributed by atoms with Crippen LogP contribution in [0.5, 0.6) is 5.75 Å². The van der Waals surface area contributed by atoms with E-state index in [2.05, 4.69) is 53.3 Å². The molecule has 12 nitrogen and oxygen atoms in total. The fraction of sp³-hybridized carbons (Fsp3) is 0.242. The zero-order valence-corrected chi connectivity index (χ0v) is 26.2. The second-order valence-corrected chi connectivity index (χ2v) is 11.2. The maximum atomic E-state index is 13.3. The number of benzene rings is 2. The Hall–Kier alpha value is -5.49. The number of nitrogens with one attached hydrogen (secondary N) is 2. The Balaban J connectivity index is 1.45. The standard InChI is InChI=1S/C33H36N10O2/c1-40(2)16-17-41(3)27-19-28(45-6)25(18-24(27)36-32(44)31-35-14-15-42(31)4)37-33-38-29(22-11-9-13-34-30(22)39-33)23-20-43(5)26-12-8-7-10-21(23)26/h7-15,18-20H,16-17H2,1-6H3,(H,36,44)(H,34,37,38,39). The highest BCUT2D eigenvalue weighted by Gasteiger charge is 2.21. The lowest BCUT2D eigenvalue weighted by molar-refractivity contribution is 0.101. The lowest BCUT2D eigenvalue weighted by Crippen LogP contribution is -2.29. The van der Waals surface area contributed by atoms with Gasteiger partial charge in [-0.25, -0.2) is 15.0 Å². The predicted octanol–water partition coefficient (Wildman–Crippen LogP) is 4.92. The molecule has 2 aromatic carbocycles. The lowest BCUT2D eigenvalue weighted by atomic mass is 10.1. The van der Waals surface area contributed by atoms with Crippen molar-refractivity contribution >= 4 is 50.9 Å². The van der Waals surface area contributed by atoms with Crippen LogP contribution in [-0.2, 0) is 14.1 Å². The van der Waals surface area contributed by atoms with Gasteiger partial charge in [0, 0.05) is 86.9 Å². The van der Waals surface area contributed by atoms with Crippen LogP contribution in [0.15, 0.2) is 73.3 Å². The van der Waals surface area contributed by atoms with Crippen molar-refractivity contribution in [2.24, 2.45) is 14.1 Å². The molecule has 4 heterocycles. The molecule has 0 aliphatic carbocycles. The number of amides is 1. The molecule has 230 valence electrons. The van der Waals surface area contributed by atoms with Gasteiger partial charge in [-0.15, -0.1) is 0 Å². The molecule has 0 atom stereocenters. The number of para-hydroxylation sites is 1. The van der Waals surface area contributed by atoms with Gasteiger partial charge in [0.1, 0.15) is 5.75 Å². The highest BCUT2D eigenvalue weighted by Crippen LogP contribution is 2.39. The number of aryl methyl sites for hydroxylation is 2. The molecule has 0 bridgehead atoms. The third-order valence-corrected chi connectivity index (χ3v) is 7.75. The van der Waals surface area contributed by atoms with Crippen molar-refractivity contribution in [1.29, 1.82) is 0 Å². The zero-order chi connectivity index (χ0) is 31.7. The molecule has 0 unspecified atom stereocenters. The molecular formula is C33H36N10O2. The quantitative estimate of drug-likeness (QED) is 0.225. The van der Waals surface area contributed by atoms with Crippen molar-refractivity contribution in [3.05, 3.63) is 79.1 Å². The fourth-order valence-corrected chi connectivity index (χ4v) is 5.36. The molecule has 0 saturated heterocycles. The Morgan fingerprint density at radius 1 is 0.911 bits per heavy atom. The summed E-state index contributed by atoms with van der Waals surface area (Å²) in [4.78, 5) is 36.0. The van der Waals surface area contributed by atoms with E-state index < -0.39 is 0 Å². The number of rotatable bonds is 10. The molecule has 6 rings (SSSR count). The van der Waals surface area contributed by atoms with Crippen LogP contribution in [-0.4, -0.2) is 81.2 Å². The van der Waals surface area contributed by atoms with Gasteiger partial charge in [0.25, 0.3) is 5.91 Å². The summed E-state index contributed by atoms with van der Waals surface area (Å²) in [5, 5.41) is 8.34. The van der Waals surface area contributed by atoms with Gasteiger partial charge >= 0.3 is 0 Å². The summed E-state index contributed by atoms with van der Waals surface area (Å²) in [6, 6.07) is 15.8. The molecule has 0 fully saturated rings. The first-order chi connectivity index (χ1) is 21.7. The van der Waals surface area contributed by atoms with Crippen molar-refractivity contribution < 1.29 is 9.53 Å². The number of anilines is 4. The van der Waals surface area contributed by atoms with Crippen molar-refractivity contribution in [2.75, 3.05) is 56.9 Å². The van der Waals surface area contributed by atoms with Crippen molar-refractivity contribution in [3.8, 4) is 17.0 Å². The fourth-order valence-electron chi connectivity index (χ4n) is 5.36. The Labute approximate surface area is 261 Å². The summed E-state index contributed by atoms with van der Waals surface area (Å²) in [6.45, 7) is 1.54. The van der Waals surface area contributed by atoms with Crippen molar-refractivity contribution in [1.82, 2.24) is 34.0 Å². The minimum Gasteiger partial charge on any atom is -0.494 e. The Morgan fingerprint density at radius 2 is 1.71 bits per heavy atom. The average Bonchev–Trinajstić information content (AvgIpc) is 3.62. The van der Waals surface area contributed by atoms with Gasteiger partial charge < -0.3 is 34.3 Å². The molecule has 0 spiro atoms. The number of ether oxygens (including phenoxy) is 1. The molecule has 0 saturated carbocycles. The van der Waals surface area contributed by atoms with Crippen LogP contribution in [0.3, 0.4) is 0 Å². The first kappa shape index (κ1) is 29.6. The summed E-state index contributed by atoms with van der Waals surface area (Å²) in [5.41, 5.74) is 5.34. The molecule has 12 heteroatoms. The van der Waals surface area contributed by atoms with Gasteiger partial charge in [0.05, 0.1) is 29.9 Å². The van der Waals surface area contributed by atoms with Crippen LogP contribution in [0.25, 0.3) is 33.2 Å². The van der Waals surface area contributed by atoms with E-state index in [1.807, 2.05) is 64.6 Å². The van der Waals surface area contributed by atoms with Gasteiger partial charge in [0.2, 0.25) is 5.95 Å². The number of hydrogen-bond acceptors (Lipinski definition) is 9. The number of carbonyl (C=O) groups is 1. The van der Waals surface area contributed by atoms with Crippen LogP contribution in [0, 0.1) is 0 Å². The highest BCUT2D eigenvalue weighted by atomic mass is 16.5. The third kappa shape index (κ3) is 5.87. The van der Waals surface area contributed by atoms with Crippen LogP contribution in [0.4, 0.5) is 23.0 Å². The smallest absolute Gasteiger partial charge is 0.291 e. The number of likely N-dealkylation sites (N-methyl/N-ethyl adjacent to an activating group) is 2. The Bertz CT molecular complexity index is 2010. The monoisotopic (exact) mass is 604 g/mol. The maximum absolute atomic E-state index is 13.3. The van der Waals surface area contributed by atoms with Crippen LogP contribution in [0.2, 0.25) is 0 Å². The van der Waals surface area contributed by atoms with E-state index in [4.69, 9.17) is 14.7 Å². The van der Waals surface area contributed by atoms with E-state index in [9.17, 15) is 4.79 Å². The first-order valence-corrected chi connectivity index (χ1v) is 14.5. The summed E-state index contributed by atoms with van der Waals surface area (Å²) in [6.07, 6.45) is 7.13. The van der Waals surface area contributed by atoms with Crippen LogP contribution >= 0.6 is 0 Å². The molecule has 0 aliphatic rings. The first-order valence-electron chi connectivity index (χ1n) is 14.5. The predicted molar refractivity (Wildman–Crippen MR) is 179 cm³/mol. The maximum Gasteiger partial charge on any atom is 0.291 e. The van der Waals surface area contributed by atoms with Crippen LogP contribution < -0.4 is 20.3 Å². The normalized spacial score (nSPS) is 11.4. The molecular weight excluding hydrogens is 568 g/mol. The van der Waals surface area contributed by atoms with Gasteiger partial charge in [-0.3, -0.25) is 4.79 Å². The Kier molecular flexibility index (Phi) is 8.05. The third-order valence-electron chi connectivity index (χ3n) is 7.75. The number of nitrogens with zero attached hydrogens (tertiary/aromatic N) is 8.